The molecule has 0 aromatic carbocycles. The number of hydrogen-bond donors (Lipinski definition) is 1. The molecular formula is C13H24N4. The van der Waals surface area contributed by atoms with Crippen molar-refractivity contribution in [2.45, 2.75) is 13.3 Å². The van der Waals surface area contributed by atoms with Gasteiger partial charge < -0.3 is 15.1 Å². The molecule has 1 aromatic heterocycles. The van der Waals surface area contributed by atoms with Gasteiger partial charge in [-0.25, -0.2) is 4.98 Å². The zero-order valence-corrected chi connectivity index (χ0v) is 11.4. The van der Waals surface area contributed by atoms with Crippen molar-refractivity contribution in [2.24, 2.45) is 0 Å². The van der Waals surface area contributed by atoms with E-state index in [0.717, 1.165) is 25.5 Å². The molecule has 0 saturated carbocycles. The molecule has 0 spiro atoms. The van der Waals surface area contributed by atoms with Crippen molar-refractivity contribution < 1.29 is 0 Å². The van der Waals surface area contributed by atoms with Crippen LogP contribution < -0.4 is 10.2 Å². The van der Waals surface area contributed by atoms with Crippen LogP contribution in [0, 0.1) is 0 Å². The van der Waals surface area contributed by atoms with Gasteiger partial charge in [0.2, 0.25) is 0 Å². The molecular weight excluding hydrogens is 212 g/mol. The molecule has 0 fully saturated rings. The van der Waals surface area contributed by atoms with Crippen LogP contribution in [-0.4, -0.2) is 50.7 Å². The van der Waals surface area contributed by atoms with Crippen LogP contribution in [-0.2, 0) is 0 Å². The van der Waals surface area contributed by atoms with Gasteiger partial charge in [0, 0.05) is 38.1 Å². The largest absolute Gasteiger partial charge is 0.373 e. The first-order valence-electron chi connectivity index (χ1n) is 6.20. The lowest BCUT2D eigenvalue weighted by atomic mass is 10.3. The third-order valence-corrected chi connectivity index (χ3v) is 2.78. The standard InChI is InChI=1S/C13H24N4/c1-5-17(10-6-9-16(3)4)12-7-8-15-13(11-12)14-2/h7-8,11H,5-6,9-10H2,1-4H3,(H,14,15). The second-order valence-electron chi connectivity index (χ2n) is 4.39. The second kappa shape index (κ2) is 7.12. The van der Waals surface area contributed by atoms with Crippen LogP contribution in [0.25, 0.3) is 0 Å². The quantitative estimate of drug-likeness (QED) is 0.783. The predicted octanol–water partition coefficient (Wildman–Crippen LogP) is 1.90. The second-order valence-corrected chi connectivity index (χ2v) is 4.39. The Bertz CT molecular complexity index is 325. The number of nitrogens with one attached hydrogen (secondary N) is 1. The number of pyridine rings is 1. The van der Waals surface area contributed by atoms with E-state index in [-0.39, 0.29) is 0 Å². The van der Waals surface area contributed by atoms with Crippen molar-refractivity contribution in [1.82, 2.24) is 9.88 Å². The van der Waals surface area contributed by atoms with Crippen molar-refractivity contribution in [3.63, 3.8) is 0 Å². The summed E-state index contributed by atoms with van der Waals surface area (Å²) in [5.41, 5.74) is 1.24. The van der Waals surface area contributed by atoms with Gasteiger partial charge in [-0.1, -0.05) is 0 Å². The molecule has 0 radical (unpaired) electrons. The monoisotopic (exact) mass is 236 g/mol. The lowest BCUT2D eigenvalue weighted by Crippen LogP contribution is -2.27. The molecule has 0 saturated heterocycles. The zero-order valence-electron chi connectivity index (χ0n) is 11.4. The van der Waals surface area contributed by atoms with Crippen LogP contribution in [0.1, 0.15) is 13.3 Å². The summed E-state index contributed by atoms with van der Waals surface area (Å²) in [6.45, 7) is 5.43. The summed E-state index contributed by atoms with van der Waals surface area (Å²) in [5, 5.41) is 3.07. The van der Waals surface area contributed by atoms with E-state index in [9.17, 15) is 0 Å². The van der Waals surface area contributed by atoms with Gasteiger partial charge >= 0.3 is 0 Å². The van der Waals surface area contributed by atoms with Crippen LogP contribution in [0.3, 0.4) is 0 Å². The maximum Gasteiger partial charge on any atom is 0.127 e. The Labute approximate surface area is 105 Å². The fourth-order valence-corrected chi connectivity index (χ4v) is 1.80. The molecule has 1 rings (SSSR count). The molecule has 0 aliphatic carbocycles. The first kappa shape index (κ1) is 13.8. The third kappa shape index (κ3) is 4.61. The van der Waals surface area contributed by atoms with E-state index in [2.05, 4.69) is 53.3 Å². The number of nitrogens with zero attached hydrogens (tertiary/aromatic N) is 3. The number of anilines is 2. The fraction of sp³-hybridized carbons (Fsp3) is 0.615. The summed E-state index contributed by atoms with van der Waals surface area (Å²) in [5.74, 6) is 0.925. The molecule has 0 bridgehead atoms. The molecule has 1 N–H and O–H groups in total. The molecule has 0 aliphatic heterocycles. The molecule has 1 heterocycles. The van der Waals surface area contributed by atoms with Gasteiger partial charge in [-0.05, 0) is 40.1 Å². The Kier molecular flexibility index (Phi) is 5.77. The SMILES string of the molecule is CCN(CCCN(C)C)c1ccnc(NC)c1. The highest BCUT2D eigenvalue weighted by atomic mass is 15.1. The van der Waals surface area contributed by atoms with E-state index in [1.54, 1.807) is 0 Å². The fourth-order valence-electron chi connectivity index (χ4n) is 1.80. The van der Waals surface area contributed by atoms with Gasteiger partial charge in [0.05, 0.1) is 0 Å². The lowest BCUT2D eigenvalue weighted by molar-refractivity contribution is 0.400. The van der Waals surface area contributed by atoms with Crippen molar-refractivity contribution in [2.75, 3.05) is 51.0 Å². The molecule has 1 aromatic rings. The van der Waals surface area contributed by atoms with Crippen LogP contribution in [0.5, 0.6) is 0 Å². The number of rotatable bonds is 7. The third-order valence-electron chi connectivity index (χ3n) is 2.78. The Morgan fingerprint density at radius 2 is 2.06 bits per heavy atom. The van der Waals surface area contributed by atoms with Crippen LogP contribution in [0.4, 0.5) is 11.5 Å². The molecule has 17 heavy (non-hydrogen) atoms. The van der Waals surface area contributed by atoms with Gasteiger partial charge in [0.15, 0.2) is 0 Å². The van der Waals surface area contributed by atoms with E-state index >= 15 is 0 Å². The Morgan fingerprint density at radius 3 is 2.65 bits per heavy atom. The summed E-state index contributed by atoms with van der Waals surface area (Å²) < 4.78 is 0. The first-order chi connectivity index (χ1) is 8.17. The van der Waals surface area contributed by atoms with E-state index in [1.807, 2.05) is 13.2 Å². The van der Waals surface area contributed by atoms with Gasteiger partial charge in [-0.15, -0.1) is 0 Å². The number of aromatic nitrogens is 1. The van der Waals surface area contributed by atoms with Crippen LogP contribution >= 0.6 is 0 Å². The minimum absolute atomic E-state index is 0.925. The lowest BCUT2D eigenvalue weighted by Gasteiger charge is -2.24. The predicted molar refractivity (Wildman–Crippen MR) is 74.8 cm³/mol. The van der Waals surface area contributed by atoms with Gasteiger partial charge in [0.25, 0.3) is 0 Å². The van der Waals surface area contributed by atoms with Crippen molar-refractivity contribution in [3.8, 4) is 0 Å². The van der Waals surface area contributed by atoms with E-state index in [0.29, 0.717) is 0 Å². The molecule has 0 unspecified atom stereocenters. The molecule has 0 amide bonds. The van der Waals surface area contributed by atoms with Gasteiger partial charge in [0.1, 0.15) is 5.82 Å². The van der Waals surface area contributed by atoms with Crippen molar-refractivity contribution in [1.29, 1.82) is 0 Å². The summed E-state index contributed by atoms with van der Waals surface area (Å²) in [7, 11) is 6.12. The average molecular weight is 236 g/mol. The Balaban J connectivity index is 2.59. The van der Waals surface area contributed by atoms with E-state index in [1.165, 1.54) is 12.1 Å². The summed E-state index contributed by atoms with van der Waals surface area (Å²) >= 11 is 0. The molecule has 96 valence electrons. The highest BCUT2D eigenvalue weighted by molar-refractivity contribution is 5.53. The molecule has 0 aliphatic rings. The summed E-state index contributed by atoms with van der Waals surface area (Å²) in [4.78, 5) is 8.84. The van der Waals surface area contributed by atoms with Crippen molar-refractivity contribution in [3.05, 3.63) is 18.3 Å². The average Bonchev–Trinajstić information content (AvgIpc) is 2.34. The minimum Gasteiger partial charge on any atom is -0.373 e. The van der Waals surface area contributed by atoms with Crippen LogP contribution in [0.15, 0.2) is 18.3 Å². The first-order valence-corrected chi connectivity index (χ1v) is 6.20. The molecule has 0 atom stereocenters. The van der Waals surface area contributed by atoms with Crippen molar-refractivity contribution >= 4 is 11.5 Å². The smallest absolute Gasteiger partial charge is 0.127 e. The molecule has 4 nitrogen and oxygen atoms in total. The van der Waals surface area contributed by atoms with Gasteiger partial charge in [-0.2, -0.15) is 0 Å². The highest BCUT2D eigenvalue weighted by Crippen LogP contribution is 2.16. The molecule has 4 heteroatoms. The van der Waals surface area contributed by atoms with Gasteiger partial charge in [-0.3, -0.25) is 0 Å². The summed E-state index contributed by atoms with van der Waals surface area (Å²) in [6.07, 6.45) is 3.04. The minimum atomic E-state index is 0.925. The Hall–Kier alpha value is -1.29. The van der Waals surface area contributed by atoms with E-state index in [4.69, 9.17) is 0 Å². The van der Waals surface area contributed by atoms with Crippen LogP contribution in [0.2, 0.25) is 0 Å². The summed E-state index contributed by atoms with van der Waals surface area (Å²) in [6, 6.07) is 4.17. The maximum absolute atomic E-state index is 4.24. The Morgan fingerprint density at radius 1 is 1.29 bits per heavy atom. The number of hydrogen-bond acceptors (Lipinski definition) is 4. The topological polar surface area (TPSA) is 31.4 Å². The van der Waals surface area contributed by atoms with E-state index < -0.39 is 0 Å². The highest BCUT2D eigenvalue weighted by Gasteiger charge is 2.05. The normalized spacial score (nSPS) is 10.6. The zero-order chi connectivity index (χ0) is 12.7. The maximum atomic E-state index is 4.24.